The van der Waals surface area contributed by atoms with E-state index < -0.39 is 0 Å². The molecule has 2 N–H and O–H groups in total. The molecule has 0 unspecified atom stereocenters. The number of hydrogen-bond acceptors (Lipinski definition) is 6. The highest BCUT2D eigenvalue weighted by Crippen LogP contribution is 2.34. The summed E-state index contributed by atoms with van der Waals surface area (Å²) in [5.41, 5.74) is 4.35. The second-order valence-corrected chi connectivity index (χ2v) is 10.8. The van der Waals surface area contributed by atoms with Crippen molar-refractivity contribution in [2.45, 2.75) is 37.2 Å². The minimum Gasteiger partial charge on any atom is -0.490 e. The first-order chi connectivity index (χ1) is 19.1. The number of pyridine rings is 1. The number of benzene rings is 2. The normalized spacial score (nSPS) is 18.2. The van der Waals surface area contributed by atoms with E-state index in [1.807, 2.05) is 67.0 Å². The van der Waals surface area contributed by atoms with Gasteiger partial charge in [-0.1, -0.05) is 0 Å². The van der Waals surface area contributed by atoms with E-state index in [0.29, 0.717) is 25.3 Å². The van der Waals surface area contributed by atoms with Crippen LogP contribution in [0, 0.1) is 0 Å². The summed E-state index contributed by atoms with van der Waals surface area (Å²) in [6.45, 7) is 4.05. The van der Waals surface area contributed by atoms with Gasteiger partial charge in [0.1, 0.15) is 11.9 Å². The molecule has 0 spiro atoms. The number of carbonyl (C=O) groups excluding carboxylic acids is 1. The summed E-state index contributed by atoms with van der Waals surface area (Å²) < 4.78 is 11.8. The molecule has 2 aliphatic heterocycles. The maximum absolute atomic E-state index is 13.3. The second kappa shape index (κ2) is 11.2. The Kier molecular flexibility index (Phi) is 7.30. The lowest BCUT2D eigenvalue weighted by Gasteiger charge is -2.37. The van der Waals surface area contributed by atoms with Gasteiger partial charge in [0, 0.05) is 67.2 Å². The van der Waals surface area contributed by atoms with E-state index in [1.54, 1.807) is 0 Å². The number of H-pyrrole nitrogens is 1. The number of rotatable bonds is 7. The number of carbonyl (C=O) groups is 1. The Labute approximate surface area is 228 Å². The minimum absolute atomic E-state index is 0.0918. The molecule has 0 atom stereocenters. The predicted octanol–water partition coefficient (Wildman–Crippen LogP) is 4.58. The number of piperidine rings is 1. The fraction of sp³-hybridized carbons (Fsp3) is 0.387. The van der Waals surface area contributed by atoms with E-state index >= 15 is 0 Å². The highest BCUT2D eigenvalue weighted by molar-refractivity contribution is 6.01. The van der Waals surface area contributed by atoms with E-state index in [2.05, 4.69) is 32.4 Å². The molecule has 2 aromatic heterocycles. The summed E-state index contributed by atoms with van der Waals surface area (Å²) in [5.74, 6) is 0.787. The average Bonchev–Trinajstić information content (AvgIpc) is 3.42. The van der Waals surface area contributed by atoms with Gasteiger partial charge in [0.25, 0.3) is 5.91 Å². The van der Waals surface area contributed by atoms with Gasteiger partial charge in [-0.05, 0) is 92.9 Å². The van der Waals surface area contributed by atoms with Crippen molar-refractivity contribution in [1.82, 2.24) is 25.4 Å². The molecule has 0 aliphatic carbocycles. The van der Waals surface area contributed by atoms with Gasteiger partial charge in [-0.25, -0.2) is 0 Å². The Hall–Kier alpha value is -3.75. The van der Waals surface area contributed by atoms with Crippen LogP contribution in [0.5, 0.6) is 5.75 Å². The number of nitrogens with zero attached hydrogens (tertiary/aromatic N) is 3. The third-order valence-corrected chi connectivity index (χ3v) is 8.25. The molecule has 0 radical (unpaired) electrons. The maximum Gasteiger partial charge on any atom is 0.251 e. The number of hydrogen-bond donors (Lipinski definition) is 2. The lowest BCUT2D eigenvalue weighted by atomic mass is 9.74. The zero-order valence-electron chi connectivity index (χ0n) is 22.4. The van der Waals surface area contributed by atoms with Gasteiger partial charge in [0.05, 0.1) is 11.2 Å². The number of ether oxygens (including phenoxy) is 2. The molecule has 1 amide bonds. The molecule has 202 valence electrons. The number of likely N-dealkylation sites (tertiary alicyclic amines) is 1. The number of nitrogens with one attached hydrogen (secondary N) is 2. The van der Waals surface area contributed by atoms with Gasteiger partial charge in [-0.2, -0.15) is 5.10 Å². The Morgan fingerprint density at radius 2 is 1.82 bits per heavy atom. The molecule has 0 saturated carbocycles. The molecule has 6 rings (SSSR count). The van der Waals surface area contributed by atoms with E-state index in [-0.39, 0.29) is 17.4 Å². The summed E-state index contributed by atoms with van der Waals surface area (Å²) in [6.07, 6.45) is 7.71. The van der Waals surface area contributed by atoms with Crippen LogP contribution in [0.2, 0.25) is 0 Å². The van der Waals surface area contributed by atoms with Gasteiger partial charge in [0.2, 0.25) is 0 Å². The highest BCUT2D eigenvalue weighted by Gasteiger charge is 2.35. The van der Waals surface area contributed by atoms with Gasteiger partial charge in [-0.3, -0.25) is 14.9 Å². The third-order valence-electron chi connectivity index (χ3n) is 8.25. The van der Waals surface area contributed by atoms with Crippen molar-refractivity contribution in [3.8, 4) is 17.0 Å². The van der Waals surface area contributed by atoms with Crippen molar-refractivity contribution in [2.24, 2.45) is 0 Å². The maximum atomic E-state index is 13.3. The standard InChI is InChI=1S/C31H35N5O3/c1-36-16-10-26(11-17-36)39-25-5-2-22(3-6-25)29-27-20-23(4-7-28(27)34-35-29)30(37)33-21-31(12-18-38-19-13-31)24-8-14-32-15-9-24/h2-9,14-15,20,26H,10-13,16-19,21H2,1H3,(H,33,37)(H,34,35). The van der Waals surface area contributed by atoms with Crippen molar-refractivity contribution < 1.29 is 14.3 Å². The second-order valence-electron chi connectivity index (χ2n) is 10.8. The SMILES string of the molecule is CN1CCC(Oc2ccc(-c3n[nH]c4ccc(C(=O)NCC5(c6ccncc6)CCOCC5)cc34)cc2)CC1. The van der Waals surface area contributed by atoms with Gasteiger partial charge >= 0.3 is 0 Å². The van der Waals surface area contributed by atoms with Crippen LogP contribution < -0.4 is 10.1 Å². The predicted molar refractivity (Wildman–Crippen MR) is 151 cm³/mol. The van der Waals surface area contributed by atoms with Crippen LogP contribution in [-0.4, -0.2) is 72.0 Å². The van der Waals surface area contributed by atoms with Crippen LogP contribution >= 0.6 is 0 Å². The van der Waals surface area contributed by atoms with Crippen molar-refractivity contribution in [3.63, 3.8) is 0 Å². The molecular formula is C31H35N5O3. The van der Waals surface area contributed by atoms with Crippen LogP contribution in [0.25, 0.3) is 22.2 Å². The number of aromatic amines is 1. The molecule has 8 nitrogen and oxygen atoms in total. The summed E-state index contributed by atoms with van der Waals surface area (Å²) in [6, 6.07) is 17.9. The van der Waals surface area contributed by atoms with Crippen LogP contribution in [0.3, 0.4) is 0 Å². The molecule has 4 aromatic rings. The first-order valence-electron chi connectivity index (χ1n) is 13.8. The summed E-state index contributed by atoms with van der Waals surface area (Å²) in [5, 5.41) is 11.8. The van der Waals surface area contributed by atoms with Crippen LogP contribution in [-0.2, 0) is 10.2 Å². The quantitative estimate of drug-likeness (QED) is 0.367. The summed E-state index contributed by atoms with van der Waals surface area (Å²) in [7, 11) is 2.15. The average molecular weight is 526 g/mol. The first kappa shape index (κ1) is 25.5. The van der Waals surface area contributed by atoms with Crippen LogP contribution in [0.15, 0.2) is 67.0 Å². The lowest BCUT2D eigenvalue weighted by Crippen LogP contribution is -2.44. The zero-order valence-corrected chi connectivity index (χ0v) is 22.4. The highest BCUT2D eigenvalue weighted by atomic mass is 16.5. The smallest absolute Gasteiger partial charge is 0.251 e. The van der Waals surface area contributed by atoms with Crippen molar-refractivity contribution >= 4 is 16.8 Å². The third kappa shape index (κ3) is 5.53. The van der Waals surface area contributed by atoms with E-state index in [1.165, 1.54) is 5.56 Å². The van der Waals surface area contributed by atoms with Crippen molar-refractivity contribution in [1.29, 1.82) is 0 Å². The minimum atomic E-state index is -0.154. The molecular weight excluding hydrogens is 490 g/mol. The van der Waals surface area contributed by atoms with E-state index in [9.17, 15) is 4.79 Å². The topological polar surface area (TPSA) is 92.4 Å². The molecule has 4 heterocycles. The molecule has 39 heavy (non-hydrogen) atoms. The largest absolute Gasteiger partial charge is 0.490 e. The molecule has 2 fully saturated rings. The van der Waals surface area contributed by atoms with Crippen molar-refractivity contribution in [2.75, 3.05) is 39.9 Å². The molecule has 0 bridgehead atoms. The van der Waals surface area contributed by atoms with Crippen molar-refractivity contribution in [3.05, 3.63) is 78.1 Å². The summed E-state index contributed by atoms with van der Waals surface area (Å²) in [4.78, 5) is 19.8. The fourth-order valence-corrected chi connectivity index (χ4v) is 5.75. The Morgan fingerprint density at radius 1 is 1.08 bits per heavy atom. The Balaban J connectivity index is 1.17. The summed E-state index contributed by atoms with van der Waals surface area (Å²) >= 11 is 0. The fourth-order valence-electron chi connectivity index (χ4n) is 5.75. The van der Waals surface area contributed by atoms with Crippen LogP contribution in [0.4, 0.5) is 0 Å². The monoisotopic (exact) mass is 525 g/mol. The van der Waals surface area contributed by atoms with Gasteiger partial charge in [-0.15, -0.1) is 0 Å². The number of aromatic nitrogens is 3. The van der Waals surface area contributed by atoms with E-state index in [4.69, 9.17) is 9.47 Å². The number of amides is 1. The number of fused-ring (bicyclic) bond motifs is 1. The van der Waals surface area contributed by atoms with Gasteiger partial charge in [0.15, 0.2) is 0 Å². The molecule has 8 heteroatoms. The van der Waals surface area contributed by atoms with Crippen LogP contribution in [0.1, 0.15) is 41.6 Å². The molecule has 2 aromatic carbocycles. The Bertz CT molecular complexity index is 1410. The first-order valence-corrected chi connectivity index (χ1v) is 13.8. The van der Waals surface area contributed by atoms with Gasteiger partial charge < -0.3 is 19.7 Å². The zero-order chi connectivity index (χ0) is 26.7. The lowest BCUT2D eigenvalue weighted by molar-refractivity contribution is 0.0487. The Morgan fingerprint density at radius 3 is 2.56 bits per heavy atom. The molecule has 2 saturated heterocycles. The van der Waals surface area contributed by atoms with E-state index in [0.717, 1.165) is 66.7 Å². The molecule has 2 aliphatic rings.